The van der Waals surface area contributed by atoms with Crippen LogP contribution >= 0.6 is 0 Å². The zero-order valence-corrected chi connectivity index (χ0v) is 15.7. The van der Waals surface area contributed by atoms with E-state index in [1.807, 2.05) is 18.2 Å². The van der Waals surface area contributed by atoms with E-state index in [9.17, 15) is 15.0 Å². The molecule has 0 aliphatic carbocycles. The first-order chi connectivity index (χ1) is 12.8. The highest BCUT2D eigenvalue weighted by atomic mass is 16.5. The molecular weight excluding hydrogens is 344 g/mol. The van der Waals surface area contributed by atoms with E-state index in [1.165, 1.54) is 17.7 Å². The van der Waals surface area contributed by atoms with Crippen LogP contribution in [-0.4, -0.2) is 34.8 Å². The second-order valence-electron chi connectivity index (χ2n) is 7.51. The maximum atomic E-state index is 11.5. The lowest BCUT2D eigenvalue weighted by Crippen LogP contribution is -2.42. The van der Waals surface area contributed by atoms with Crippen LogP contribution in [0.3, 0.4) is 0 Å². The van der Waals surface area contributed by atoms with Gasteiger partial charge in [-0.25, -0.2) is 0 Å². The number of aliphatic hydroxyl groups is 1. The van der Waals surface area contributed by atoms with Crippen molar-refractivity contribution in [1.29, 1.82) is 0 Å². The molecule has 0 aromatic heterocycles. The summed E-state index contributed by atoms with van der Waals surface area (Å²) in [5, 5.41) is 26.6. The van der Waals surface area contributed by atoms with Crippen LogP contribution < -0.4 is 15.4 Å². The van der Waals surface area contributed by atoms with Crippen molar-refractivity contribution in [1.82, 2.24) is 5.32 Å². The van der Waals surface area contributed by atoms with Gasteiger partial charge in [0.1, 0.15) is 11.5 Å². The van der Waals surface area contributed by atoms with E-state index < -0.39 is 6.10 Å². The van der Waals surface area contributed by atoms with Gasteiger partial charge in [-0.3, -0.25) is 4.79 Å². The Labute approximate surface area is 159 Å². The summed E-state index contributed by atoms with van der Waals surface area (Å²) >= 11 is 0. The number of phenols is 1. The zero-order valence-electron chi connectivity index (χ0n) is 15.7. The van der Waals surface area contributed by atoms with Crippen molar-refractivity contribution < 1.29 is 19.7 Å². The number of phenolic OH excluding ortho intramolecular Hbond substituents is 1. The Morgan fingerprint density at radius 1 is 1.26 bits per heavy atom. The molecule has 2 aromatic rings. The maximum Gasteiger partial charge on any atom is 0.262 e. The summed E-state index contributed by atoms with van der Waals surface area (Å²) in [6.07, 6.45) is 0.971. The number of carbonyl (C=O) groups excluding carboxylic acids is 1. The molecular formula is C21H26N2O4. The van der Waals surface area contributed by atoms with Crippen molar-refractivity contribution in [2.24, 2.45) is 0 Å². The van der Waals surface area contributed by atoms with Crippen molar-refractivity contribution in [3.63, 3.8) is 0 Å². The second kappa shape index (κ2) is 7.98. The number of aryl methyl sites for hydroxylation is 1. The number of benzene rings is 2. The highest BCUT2D eigenvalue weighted by Crippen LogP contribution is 2.38. The number of anilines is 1. The van der Waals surface area contributed by atoms with E-state index in [2.05, 4.69) is 36.6 Å². The first kappa shape index (κ1) is 19.2. The molecule has 0 unspecified atom stereocenters. The maximum absolute atomic E-state index is 11.5. The van der Waals surface area contributed by atoms with Crippen LogP contribution in [0, 0.1) is 0 Å². The van der Waals surface area contributed by atoms with Gasteiger partial charge in [-0.1, -0.05) is 30.3 Å². The molecule has 1 atom stereocenters. The molecule has 27 heavy (non-hydrogen) atoms. The largest absolute Gasteiger partial charge is 0.508 e. The third-order valence-corrected chi connectivity index (χ3v) is 4.74. The summed E-state index contributed by atoms with van der Waals surface area (Å²) in [5.74, 6) is 0.0921. The van der Waals surface area contributed by atoms with Crippen LogP contribution in [0.25, 0.3) is 0 Å². The average molecular weight is 370 g/mol. The van der Waals surface area contributed by atoms with Gasteiger partial charge in [0.25, 0.3) is 5.91 Å². The van der Waals surface area contributed by atoms with Crippen molar-refractivity contribution >= 4 is 11.6 Å². The molecule has 0 bridgehead atoms. The molecule has 6 nitrogen and oxygen atoms in total. The quantitative estimate of drug-likeness (QED) is 0.602. The molecule has 0 saturated heterocycles. The van der Waals surface area contributed by atoms with Crippen LogP contribution in [0.2, 0.25) is 0 Å². The Morgan fingerprint density at radius 3 is 2.74 bits per heavy atom. The van der Waals surface area contributed by atoms with Crippen molar-refractivity contribution in [3.8, 4) is 11.5 Å². The number of fused-ring (bicyclic) bond motifs is 1. The standard InChI is InChI=1S/C21H26N2O4/c1-21(2,9-8-14-6-4-3-5-7-14)22-12-18(25)16-10-15(24)11-17-20(16)27-13-19(26)23-17/h3-7,10-11,18,22,24-25H,8-9,12-13H2,1-2H3,(H,23,26)/t18-/m0/s1. The fourth-order valence-electron chi connectivity index (χ4n) is 3.13. The van der Waals surface area contributed by atoms with Gasteiger partial charge in [0.2, 0.25) is 0 Å². The predicted octanol–water partition coefficient (Wildman–Crippen LogP) is 2.76. The molecule has 1 aliphatic rings. The van der Waals surface area contributed by atoms with Gasteiger partial charge in [0.05, 0.1) is 11.8 Å². The molecule has 2 aromatic carbocycles. The molecule has 0 radical (unpaired) electrons. The summed E-state index contributed by atoms with van der Waals surface area (Å²) in [6.45, 7) is 4.39. The summed E-state index contributed by atoms with van der Waals surface area (Å²) in [6, 6.07) is 13.2. The topological polar surface area (TPSA) is 90.8 Å². The molecule has 144 valence electrons. The van der Waals surface area contributed by atoms with E-state index in [0.717, 1.165) is 12.8 Å². The Hall–Kier alpha value is -2.57. The van der Waals surface area contributed by atoms with E-state index in [1.54, 1.807) is 0 Å². The van der Waals surface area contributed by atoms with Crippen LogP contribution in [0.5, 0.6) is 11.5 Å². The molecule has 1 aliphatic heterocycles. The van der Waals surface area contributed by atoms with Crippen LogP contribution in [0.1, 0.15) is 37.5 Å². The van der Waals surface area contributed by atoms with Crippen molar-refractivity contribution in [3.05, 3.63) is 53.6 Å². The molecule has 1 amide bonds. The molecule has 6 heteroatoms. The van der Waals surface area contributed by atoms with Crippen molar-refractivity contribution in [2.75, 3.05) is 18.5 Å². The number of ether oxygens (including phenoxy) is 1. The molecule has 3 rings (SSSR count). The van der Waals surface area contributed by atoms with Crippen LogP contribution in [0.15, 0.2) is 42.5 Å². The minimum absolute atomic E-state index is 0.0306. The second-order valence-corrected chi connectivity index (χ2v) is 7.51. The first-order valence-electron chi connectivity index (χ1n) is 9.11. The Balaban J connectivity index is 1.63. The van der Waals surface area contributed by atoms with E-state index >= 15 is 0 Å². The summed E-state index contributed by atoms with van der Waals surface area (Å²) < 4.78 is 5.47. The Kier molecular flexibility index (Phi) is 5.68. The van der Waals surface area contributed by atoms with Gasteiger partial charge in [-0.15, -0.1) is 0 Å². The molecule has 4 N–H and O–H groups in total. The average Bonchev–Trinajstić information content (AvgIpc) is 2.64. The lowest BCUT2D eigenvalue weighted by molar-refractivity contribution is -0.118. The number of aliphatic hydroxyl groups excluding tert-OH is 1. The molecule has 0 spiro atoms. The highest BCUT2D eigenvalue weighted by molar-refractivity contribution is 5.96. The van der Waals surface area contributed by atoms with E-state index in [4.69, 9.17) is 4.74 Å². The first-order valence-corrected chi connectivity index (χ1v) is 9.11. The molecule has 0 fully saturated rings. The van der Waals surface area contributed by atoms with Crippen LogP contribution in [-0.2, 0) is 11.2 Å². The predicted molar refractivity (Wildman–Crippen MR) is 104 cm³/mol. The summed E-state index contributed by atoms with van der Waals surface area (Å²) in [5.41, 5.74) is 1.93. The number of carbonyl (C=O) groups is 1. The lowest BCUT2D eigenvalue weighted by atomic mass is 9.94. The van der Waals surface area contributed by atoms with E-state index in [-0.39, 0.29) is 23.8 Å². The molecule has 0 saturated carbocycles. The van der Waals surface area contributed by atoms with E-state index in [0.29, 0.717) is 23.5 Å². The Bertz CT molecular complexity index is 805. The van der Waals surface area contributed by atoms with Gasteiger partial charge < -0.3 is 25.6 Å². The SMILES string of the molecule is CC(C)(CCc1ccccc1)NC[C@H](O)c1cc(O)cc2c1OCC(=O)N2. The number of β-amino-alcohol motifs (C(OH)–C–C–N with tert-alkyl or cyclic N) is 1. The third kappa shape index (κ3) is 4.99. The summed E-state index contributed by atoms with van der Waals surface area (Å²) in [7, 11) is 0. The zero-order chi connectivity index (χ0) is 19.4. The van der Waals surface area contributed by atoms with Gasteiger partial charge in [0, 0.05) is 23.7 Å². The van der Waals surface area contributed by atoms with Gasteiger partial charge >= 0.3 is 0 Å². The number of nitrogens with one attached hydrogen (secondary N) is 2. The number of hydrogen-bond acceptors (Lipinski definition) is 5. The minimum atomic E-state index is -0.878. The fraction of sp³-hybridized carbons (Fsp3) is 0.381. The smallest absolute Gasteiger partial charge is 0.262 e. The number of amides is 1. The van der Waals surface area contributed by atoms with Gasteiger partial charge in [-0.2, -0.15) is 0 Å². The molecule has 1 heterocycles. The number of rotatable bonds is 7. The highest BCUT2D eigenvalue weighted by Gasteiger charge is 2.26. The summed E-state index contributed by atoms with van der Waals surface area (Å²) in [4.78, 5) is 11.5. The lowest BCUT2D eigenvalue weighted by Gasteiger charge is -2.29. The van der Waals surface area contributed by atoms with Crippen molar-refractivity contribution in [2.45, 2.75) is 38.3 Å². The normalized spacial score (nSPS) is 14.9. The third-order valence-electron chi connectivity index (χ3n) is 4.74. The van der Waals surface area contributed by atoms with Gasteiger partial charge in [0.15, 0.2) is 6.61 Å². The Morgan fingerprint density at radius 2 is 2.00 bits per heavy atom. The number of aromatic hydroxyl groups is 1. The van der Waals surface area contributed by atoms with Crippen LogP contribution in [0.4, 0.5) is 5.69 Å². The monoisotopic (exact) mass is 370 g/mol. The van der Waals surface area contributed by atoms with Gasteiger partial charge in [-0.05, 0) is 38.3 Å². The minimum Gasteiger partial charge on any atom is -0.508 e. The fourth-order valence-corrected chi connectivity index (χ4v) is 3.13. The number of hydrogen-bond donors (Lipinski definition) is 4.